The molecule has 80 valence electrons. The molecule has 2 unspecified atom stereocenters. The lowest BCUT2D eigenvalue weighted by Crippen LogP contribution is -2.30. The SMILES string of the molecule is CS(O)(O)C12CC1(F)C=C(O)C=C2F. The molecular weight excluding hydrogens is 214 g/mol. The van der Waals surface area contributed by atoms with Gasteiger partial charge in [0, 0.05) is 18.8 Å². The highest BCUT2D eigenvalue weighted by molar-refractivity contribution is 8.25. The summed E-state index contributed by atoms with van der Waals surface area (Å²) in [6.45, 7) is 0. The van der Waals surface area contributed by atoms with Gasteiger partial charge in [0.25, 0.3) is 0 Å². The van der Waals surface area contributed by atoms with Gasteiger partial charge < -0.3 is 5.11 Å². The molecule has 0 radical (unpaired) electrons. The lowest BCUT2D eigenvalue weighted by molar-refractivity contribution is 0.316. The van der Waals surface area contributed by atoms with Crippen molar-refractivity contribution in [2.24, 2.45) is 0 Å². The highest BCUT2D eigenvalue weighted by atomic mass is 32.3. The molecule has 0 amide bonds. The molecule has 1 fully saturated rings. The Bertz CT molecular complexity index is 360. The molecule has 0 aliphatic heterocycles. The van der Waals surface area contributed by atoms with E-state index in [-0.39, 0.29) is 6.42 Å². The molecule has 14 heavy (non-hydrogen) atoms. The highest BCUT2D eigenvalue weighted by Gasteiger charge is 2.78. The molecule has 6 heteroatoms. The van der Waals surface area contributed by atoms with E-state index in [0.29, 0.717) is 0 Å². The lowest BCUT2D eigenvalue weighted by Gasteiger charge is -2.38. The van der Waals surface area contributed by atoms with Crippen LogP contribution < -0.4 is 0 Å². The first kappa shape index (κ1) is 9.95. The van der Waals surface area contributed by atoms with E-state index in [1.54, 1.807) is 0 Å². The van der Waals surface area contributed by atoms with Crippen molar-refractivity contribution in [3.05, 3.63) is 23.7 Å². The van der Waals surface area contributed by atoms with Gasteiger partial charge in [-0.1, -0.05) is 0 Å². The summed E-state index contributed by atoms with van der Waals surface area (Å²) >= 11 is 0. The second-order valence-electron chi connectivity index (χ2n) is 3.76. The Labute approximate surface area is 81.1 Å². The van der Waals surface area contributed by atoms with Crippen LogP contribution in [0.25, 0.3) is 0 Å². The average molecular weight is 224 g/mol. The summed E-state index contributed by atoms with van der Waals surface area (Å²) < 4.78 is 44.1. The Morgan fingerprint density at radius 3 is 2.50 bits per heavy atom. The third-order valence-corrected chi connectivity index (χ3v) is 4.75. The van der Waals surface area contributed by atoms with Crippen LogP contribution in [0.5, 0.6) is 0 Å². The van der Waals surface area contributed by atoms with Gasteiger partial charge in [0.2, 0.25) is 0 Å². The highest BCUT2D eigenvalue weighted by Crippen LogP contribution is 2.76. The number of hydrogen-bond acceptors (Lipinski definition) is 3. The van der Waals surface area contributed by atoms with Crippen LogP contribution in [0.15, 0.2) is 23.7 Å². The van der Waals surface area contributed by atoms with Crippen LogP contribution >= 0.6 is 10.6 Å². The maximum atomic E-state index is 13.8. The van der Waals surface area contributed by atoms with Crippen LogP contribution in [0.1, 0.15) is 6.42 Å². The molecule has 0 aromatic rings. The van der Waals surface area contributed by atoms with Gasteiger partial charge in [0.15, 0.2) is 10.4 Å². The minimum absolute atomic E-state index is 0.328. The zero-order valence-corrected chi connectivity index (χ0v) is 8.18. The van der Waals surface area contributed by atoms with E-state index in [1.807, 2.05) is 0 Å². The Balaban J connectivity index is 2.50. The number of fused-ring (bicyclic) bond motifs is 1. The van der Waals surface area contributed by atoms with Crippen LogP contribution in [0.2, 0.25) is 0 Å². The summed E-state index contributed by atoms with van der Waals surface area (Å²) in [4.78, 5) is 0. The Kier molecular flexibility index (Phi) is 1.65. The van der Waals surface area contributed by atoms with Gasteiger partial charge in [-0.2, -0.15) is 10.6 Å². The molecule has 3 N–H and O–H groups in total. The summed E-state index contributed by atoms with van der Waals surface area (Å²) in [6, 6.07) is 0. The van der Waals surface area contributed by atoms with Crippen molar-refractivity contribution >= 4 is 10.6 Å². The average Bonchev–Trinajstić information content (AvgIpc) is 2.54. The fourth-order valence-electron chi connectivity index (χ4n) is 1.93. The summed E-state index contributed by atoms with van der Waals surface area (Å²) in [5.41, 5.74) is -2.15. The monoisotopic (exact) mass is 224 g/mol. The first-order valence-corrected chi connectivity index (χ1v) is 5.90. The van der Waals surface area contributed by atoms with E-state index in [9.17, 15) is 17.9 Å². The maximum absolute atomic E-state index is 13.8. The molecule has 1 saturated carbocycles. The first-order chi connectivity index (χ1) is 6.23. The Morgan fingerprint density at radius 2 is 2.07 bits per heavy atom. The lowest BCUT2D eigenvalue weighted by atomic mass is 10.1. The van der Waals surface area contributed by atoms with Crippen molar-refractivity contribution in [2.75, 3.05) is 6.26 Å². The van der Waals surface area contributed by atoms with Crippen molar-refractivity contribution < 1.29 is 23.0 Å². The largest absolute Gasteiger partial charge is 0.508 e. The van der Waals surface area contributed by atoms with E-state index in [4.69, 9.17) is 5.11 Å². The van der Waals surface area contributed by atoms with Crippen molar-refractivity contribution in [3.63, 3.8) is 0 Å². The van der Waals surface area contributed by atoms with Gasteiger partial charge in [-0.3, -0.25) is 9.11 Å². The van der Waals surface area contributed by atoms with Crippen molar-refractivity contribution in [3.8, 4) is 0 Å². The standard InChI is InChI=1S/C8H10F2O3S/c1-14(12,13)8-4-7(8,10)3-5(11)2-6(8)9/h2-3,11-13H,4H2,1H3. The van der Waals surface area contributed by atoms with Gasteiger partial charge in [-0.25, -0.2) is 8.78 Å². The predicted molar refractivity (Wildman–Crippen MR) is 49.9 cm³/mol. The van der Waals surface area contributed by atoms with Gasteiger partial charge in [0.05, 0.1) is 0 Å². The van der Waals surface area contributed by atoms with Crippen LogP contribution in [0.4, 0.5) is 8.78 Å². The maximum Gasteiger partial charge on any atom is 0.164 e. The number of allylic oxidation sites excluding steroid dienone is 2. The third kappa shape index (κ3) is 0.933. The van der Waals surface area contributed by atoms with E-state index in [1.165, 1.54) is 0 Å². The topological polar surface area (TPSA) is 60.7 Å². The summed E-state index contributed by atoms with van der Waals surface area (Å²) in [5, 5.41) is 8.97. The van der Waals surface area contributed by atoms with Gasteiger partial charge in [0.1, 0.15) is 11.6 Å². The number of aliphatic hydroxyl groups is 1. The van der Waals surface area contributed by atoms with E-state index in [0.717, 1.165) is 18.4 Å². The molecular formula is C8H10F2O3S. The molecule has 0 saturated heterocycles. The second-order valence-corrected chi connectivity index (χ2v) is 6.13. The first-order valence-electron chi connectivity index (χ1n) is 3.94. The number of halogens is 2. The molecule has 0 heterocycles. The van der Waals surface area contributed by atoms with E-state index < -0.39 is 32.6 Å². The molecule has 2 rings (SSSR count). The quantitative estimate of drug-likeness (QED) is 0.641. The Morgan fingerprint density at radius 1 is 1.50 bits per heavy atom. The number of alkyl halides is 1. The second kappa shape index (κ2) is 2.32. The van der Waals surface area contributed by atoms with Crippen LogP contribution in [-0.2, 0) is 0 Å². The number of aliphatic hydroxyl groups excluding tert-OH is 1. The fraction of sp³-hybridized carbons (Fsp3) is 0.500. The number of hydrogen-bond donors (Lipinski definition) is 3. The van der Waals surface area contributed by atoms with E-state index in [2.05, 4.69) is 0 Å². The number of rotatable bonds is 1. The predicted octanol–water partition coefficient (Wildman–Crippen LogP) is 2.53. The zero-order chi connectivity index (χ0) is 10.8. The molecule has 0 bridgehead atoms. The van der Waals surface area contributed by atoms with Crippen molar-refractivity contribution in [1.29, 1.82) is 0 Å². The summed E-state index contributed by atoms with van der Waals surface area (Å²) in [6.07, 6.45) is 2.24. The molecule has 0 spiro atoms. The summed E-state index contributed by atoms with van der Waals surface area (Å²) in [5.74, 6) is -1.51. The van der Waals surface area contributed by atoms with Crippen molar-refractivity contribution in [1.82, 2.24) is 0 Å². The minimum Gasteiger partial charge on any atom is -0.508 e. The normalized spacial score (nSPS) is 42.4. The van der Waals surface area contributed by atoms with Crippen LogP contribution in [0.3, 0.4) is 0 Å². The van der Waals surface area contributed by atoms with Gasteiger partial charge >= 0.3 is 0 Å². The molecule has 2 atom stereocenters. The molecule has 3 nitrogen and oxygen atoms in total. The van der Waals surface area contributed by atoms with E-state index >= 15 is 0 Å². The fourth-order valence-corrected chi connectivity index (χ4v) is 3.55. The smallest absolute Gasteiger partial charge is 0.164 e. The molecule has 0 aromatic carbocycles. The molecule has 2 aliphatic carbocycles. The third-order valence-electron chi connectivity index (χ3n) is 2.75. The van der Waals surface area contributed by atoms with Crippen LogP contribution in [0, 0.1) is 0 Å². The Hall–Kier alpha value is -0.590. The van der Waals surface area contributed by atoms with Gasteiger partial charge in [-0.05, 0) is 6.08 Å². The minimum atomic E-state index is -3.36. The zero-order valence-electron chi connectivity index (χ0n) is 7.37. The molecule has 2 aliphatic rings. The van der Waals surface area contributed by atoms with Gasteiger partial charge in [-0.15, -0.1) is 0 Å². The summed E-state index contributed by atoms with van der Waals surface area (Å²) in [7, 11) is -3.36. The van der Waals surface area contributed by atoms with Crippen molar-refractivity contribution in [2.45, 2.75) is 16.8 Å². The molecule has 0 aromatic heterocycles. The van der Waals surface area contributed by atoms with Crippen LogP contribution in [-0.4, -0.2) is 30.9 Å².